The van der Waals surface area contributed by atoms with Gasteiger partial charge in [-0.1, -0.05) is 147 Å². The van der Waals surface area contributed by atoms with Crippen LogP contribution in [0.4, 0.5) is 0 Å². The molecule has 3 heterocycles. The Kier molecular flexibility index (Phi) is 6.62. The lowest BCUT2D eigenvalue weighted by atomic mass is 10.2. The monoisotopic (exact) mass is 689 g/mol. The second-order valence-electron chi connectivity index (χ2n) is 14.0. The van der Waals surface area contributed by atoms with E-state index in [-0.39, 0.29) is 0 Å². The fraction of sp³-hybridized carbons (Fsp3) is 0.0444. The number of imidazole rings is 2. The molecule has 0 unspecified atom stereocenters. The van der Waals surface area contributed by atoms with Crippen molar-refractivity contribution in [2.45, 2.75) is 13.1 Å². The normalized spacial score (nSPS) is 13.6. The molecule has 0 atom stereocenters. The van der Waals surface area contributed by atoms with Gasteiger partial charge < -0.3 is 4.74 Å². The molecule has 2 aromatic heterocycles. The van der Waals surface area contributed by atoms with Gasteiger partial charge in [0.25, 0.3) is 0 Å². The van der Waals surface area contributed by atoms with Crippen LogP contribution in [0.3, 0.4) is 0 Å². The van der Waals surface area contributed by atoms with E-state index in [1.54, 1.807) is 0 Å². The third kappa shape index (κ3) is 4.27. The van der Waals surface area contributed by atoms with Crippen LogP contribution >= 0.6 is 0 Å². The number of hydrogen-bond donors (Lipinski definition) is 0. The Morgan fingerprint density at radius 1 is 0.510 bits per heavy atom. The van der Waals surface area contributed by atoms with Gasteiger partial charge in [-0.3, -0.25) is 8.97 Å². The van der Waals surface area contributed by atoms with Crippen LogP contribution in [0.2, 0.25) is 13.1 Å². The van der Waals surface area contributed by atoms with E-state index >= 15 is 0 Å². The minimum absolute atomic E-state index is 0.913. The van der Waals surface area contributed by atoms with E-state index in [0.717, 1.165) is 45.0 Å². The molecule has 7 aromatic carbocycles. The van der Waals surface area contributed by atoms with E-state index in [1.807, 2.05) is 0 Å². The number of hydrogen-bond acceptors (Lipinski definition) is 2. The molecule has 244 valence electrons. The lowest BCUT2D eigenvalue weighted by molar-refractivity contribution is 0.490. The molecule has 6 heteroatoms. The summed E-state index contributed by atoms with van der Waals surface area (Å²) in [5, 5.41) is 7.95. The molecule has 51 heavy (non-hydrogen) atoms. The fourth-order valence-corrected chi connectivity index (χ4v) is 16.4. The van der Waals surface area contributed by atoms with Gasteiger partial charge in [0.2, 0.25) is 5.78 Å². The quantitative estimate of drug-likeness (QED) is 0.148. The van der Waals surface area contributed by atoms with Gasteiger partial charge in [0.1, 0.15) is 19.6 Å². The van der Waals surface area contributed by atoms with Gasteiger partial charge >= 0.3 is 0 Å². The van der Waals surface area contributed by atoms with E-state index < -0.39 is 16.1 Å². The minimum Gasteiger partial charge on any atom is -0.458 e. The summed E-state index contributed by atoms with van der Waals surface area (Å²) in [6.45, 7) is 4.92. The number of para-hydroxylation sites is 6. The molecule has 1 aliphatic rings. The molecule has 0 radical (unpaired) electrons. The van der Waals surface area contributed by atoms with Crippen LogP contribution < -0.4 is 35.9 Å². The lowest BCUT2D eigenvalue weighted by Gasteiger charge is -2.40. The Morgan fingerprint density at radius 2 is 1.08 bits per heavy atom. The summed E-state index contributed by atoms with van der Waals surface area (Å²) in [6, 6.07) is 64.2. The van der Waals surface area contributed by atoms with Crippen molar-refractivity contribution in [2.75, 3.05) is 0 Å². The molecule has 0 saturated heterocycles. The van der Waals surface area contributed by atoms with Crippen molar-refractivity contribution in [3.05, 3.63) is 176 Å². The Balaban J connectivity index is 1.25. The highest BCUT2D eigenvalue weighted by Crippen LogP contribution is 2.31. The number of fused-ring (bicyclic) bond motifs is 7. The Bertz CT molecular complexity index is 2710. The number of nitrogens with zero attached hydrogens (tertiary/aromatic N) is 3. The van der Waals surface area contributed by atoms with E-state index in [1.165, 1.54) is 31.1 Å². The average Bonchev–Trinajstić information content (AvgIpc) is 3.71. The van der Waals surface area contributed by atoms with Crippen LogP contribution in [0.5, 0.6) is 11.5 Å². The first-order chi connectivity index (χ1) is 25.1. The van der Waals surface area contributed by atoms with E-state index in [4.69, 9.17) is 9.72 Å². The van der Waals surface area contributed by atoms with Crippen LogP contribution in [0, 0.1) is 0 Å². The largest absolute Gasteiger partial charge is 0.458 e. The zero-order valence-corrected chi connectivity index (χ0v) is 30.5. The molecule has 9 aromatic rings. The third-order valence-corrected chi connectivity index (χ3v) is 19.2. The number of aromatic nitrogens is 3. The number of rotatable bonds is 5. The van der Waals surface area contributed by atoms with Gasteiger partial charge in [0, 0.05) is 5.69 Å². The summed E-state index contributed by atoms with van der Waals surface area (Å²) in [5.41, 5.74) is 5.45. The molecule has 0 spiro atoms. The summed E-state index contributed by atoms with van der Waals surface area (Å²) >= 11 is 0. The molecule has 0 saturated carbocycles. The average molecular weight is 690 g/mol. The molecule has 10 rings (SSSR count). The first kappa shape index (κ1) is 29.9. The summed E-state index contributed by atoms with van der Waals surface area (Å²) < 4.78 is 11.7. The topological polar surface area (TPSA) is 31.5 Å². The van der Waals surface area contributed by atoms with Crippen LogP contribution in [0.25, 0.3) is 33.5 Å². The maximum absolute atomic E-state index is 7.08. The van der Waals surface area contributed by atoms with Crippen LogP contribution in [0.15, 0.2) is 176 Å². The van der Waals surface area contributed by atoms with Crippen molar-refractivity contribution in [1.29, 1.82) is 0 Å². The summed E-state index contributed by atoms with van der Waals surface area (Å²) in [4.78, 5) is 5.14. The van der Waals surface area contributed by atoms with Gasteiger partial charge in [0.05, 0.1) is 22.1 Å². The molecule has 0 aliphatic carbocycles. The SMILES string of the molecule is C[Si]1(C)c2ccccc2Oc2c1cccc2[Si](c1ccccc1)(c1ccccc1)c1ccc(-n2c3ccccc3n3c4ccccc4nc23)cc1. The Morgan fingerprint density at radius 3 is 1.80 bits per heavy atom. The lowest BCUT2D eigenvalue weighted by Crippen LogP contribution is -2.75. The van der Waals surface area contributed by atoms with Gasteiger partial charge in [-0.25, -0.2) is 4.98 Å². The molecule has 1 aliphatic heterocycles. The van der Waals surface area contributed by atoms with Gasteiger partial charge in [-0.15, -0.1) is 0 Å². The predicted molar refractivity (Wildman–Crippen MR) is 216 cm³/mol. The zero-order valence-electron chi connectivity index (χ0n) is 28.5. The predicted octanol–water partition coefficient (Wildman–Crippen LogP) is 6.74. The summed E-state index contributed by atoms with van der Waals surface area (Å²) in [6.07, 6.45) is 0. The third-order valence-electron chi connectivity index (χ3n) is 10.9. The first-order valence-electron chi connectivity index (χ1n) is 17.6. The maximum Gasteiger partial charge on any atom is 0.220 e. The number of benzene rings is 7. The number of ether oxygens (including phenoxy) is 1. The van der Waals surface area contributed by atoms with Crippen molar-refractivity contribution < 1.29 is 4.74 Å². The molecule has 0 bridgehead atoms. The molecule has 0 fully saturated rings. The van der Waals surface area contributed by atoms with Crippen molar-refractivity contribution in [2.24, 2.45) is 0 Å². The van der Waals surface area contributed by atoms with E-state index in [2.05, 4.69) is 198 Å². The van der Waals surface area contributed by atoms with Gasteiger partial charge in [-0.05, 0) is 73.6 Å². The standard InChI is InChI=1S/C45H35N3OSi2/c1-50(2)41-25-14-13-24-40(41)49-44-42(50)26-15-27-43(44)51(33-16-5-3-6-17-33,34-18-7-4-8-19-34)35-30-28-32(29-31-35)47-38-22-11-12-23-39(38)48-37-21-10-9-20-36(37)46-45(47)48/h3-31H,1-2H3. The highest BCUT2D eigenvalue weighted by atomic mass is 28.3. The first-order valence-corrected chi connectivity index (χ1v) is 22.6. The van der Waals surface area contributed by atoms with Crippen LogP contribution in [-0.2, 0) is 0 Å². The summed E-state index contributed by atoms with van der Waals surface area (Å²) in [5.74, 6) is 2.94. The van der Waals surface area contributed by atoms with Crippen molar-refractivity contribution in [3.63, 3.8) is 0 Å². The molecular formula is C45H35N3OSi2. The van der Waals surface area contributed by atoms with Crippen molar-refractivity contribution in [1.82, 2.24) is 14.0 Å². The summed E-state index contributed by atoms with van der Waals surface area (Å²) in [7, 11) is -5.01. The molecular weight excluding hydrogens is 655 g/mol. The smallest absolute Gasteiger partial charge is 0.220 e. The molecule has 4 nitrogen and oxygen atoms in total. The van der Waals surface area contributed by atoms with E-state index in [9.17, 15) is 0 Å². The highest BCUT2D eigenvalue weighted by molar-refractivity contribution is 7.20. The van der Waals surface area contributed by atoms with Crippen LogP contribution in [-0.4, -0.2) is 30.1 Å². The molecule has 0 amide bonds. The van der Waals surface area contributed by atoms with Crippen molar-refractivity contribution in [3.8, 4) is 17.2 Å². The Labute approximate surface area is 298 Å². The fourth-order valence-electron chi connectivity index (χ4n) is 8.57. The Hall–Kier alpha value is -5.96. The second-order valence-corrected chi connectivity index (χ2v) is 22.1. The van der Waals surface area contributed by atoms with Gasteiger partial charge in [-0.2, -0.15) is 0 Å². The second kappa shape index (κ2) is 11.3. The highest BCUT2D eigenvalue weighted by Gasteiger charge is 2.47. The molecule has 0 N–H and O–H groups in total. The van der Waals surface area contributed by atoms with Crippen LogP contribution in [0.1, 0.15) is 0 Å². The minimum atomic E-state index is -2.94. The zero-order chi connectivity index (χ0) is 34.2. The van der Waals surface area contributed by atoms with E-state index in [0.29, 0.717) is 0 Å². The van der Waals surface area contributed by atoms with Crippen molar-refractivity contribution >= 4 is 75.1 Å². The maximum atomic E-state index is 7.08. The van der Waals surface area contributed by atoms with Gasteiger partial charge in [0.15, 0.2) is 8.07 Å².